The van der Waals surface area contributed by atoms with Crippen LogP contribution in [0.1, 0.15) is 42.3 Å². The monoisotopic (exact) mass is 447 g/mol. The zero-order valence-electron chi connectivity index (χ0n) is 19.3. The Morgan fingerprint density at radius 1 is 1.21 bits per heavy atom. The Morgan fingerprint density at radius 2 is 1.94 bits per heavy atom. The first-order chi connectivity index (χ1) is 15.9. The zero-order valence-corrected chi connectivity index (χ0v) is 19.3. The quantitative estimate of drug-likeness (QED) is 0.614. The van der Waals surface area contributed by atoms with Crippen LogP contribution in [-0.4, -0.2) is 51.8 Å². The fraction of sp³-hybridized carbons (Fsp3) is 0.423. The number of nitrogens with zero attached hydrogens (tertiary/aromatic N) is 3. The average molecular weight is 448 g/mol. The number of aromatic nitrogens is 2. The maximum atomic E-state index is 13.5. The van der Waals surface area contributed by atoms with Gasteiger partial charge in [0, 0.05) is 38.2 Å². The molecule has 0 N–H and O–H groups in total. The van der Waals surface area contributed by atoms with Gasteiger partial charge in [-0.1, -0.05) is 24.3 Å². The van der Waals surface area contributed by atoms with Crippen LogP contribution in [0.4, 0.5) is 0 Å². The standard InChI is InChI=1S/C26H29N3O4/c1-4-28-14-22(26(31)29-13-17(3)32-15-16(29)2)25(30)21-11-24(27-12-23(21)28)33-20-9-18-7-5-6-8-19(18)10-20/h5-8,11-12,14,16-17,20H,4,9-10,13,15H2,1-3H3/t16-,17+/m0/s1. The van der Waals surface area contributed by atoms with Gasteiger partial charge in [0.15, 0.2) is 0 Å². The molecule has 1 saturated heterocycles. The van der Waals surface area contributed by atoms with Crippen molar-refractivity contribution in [3.05, 3.63) is 69.6 Å². The van der Waals surface area contributed by atoms with E-state index in [1.54, 1.807) is 23.4 Å². The Labute approximate surface area is 192 Å². The Bertz CT molecular complexity index is 1240. The van der Waals surface area contributed by atoms with Gasteiger partial charge in [-0.2, -0.15) is 0 Å². The van der Waals surface area contributed by atoms with Crippen molar-refractivity contribution in [1.29, 1.82) is 0 Å². The normalized spacial score (nSPS) is 20.8. The van der Waals surface area contributed by atoms with Crippen LogP contribution in [0.5, 0.6) is 5.88 Å². The molecular weight excluding hydrogens is 418 g/mol. The van der Waals surface area contributed by atoms with E-state index in [2.05, 4.69) is 17.1 Å². The first kappa shape index (κ1) is 21.6. The number of carbonyl (C=O) groups is 1. The van der Waals surface area contributed by atoms with Crippen molar-refractivity contribution in [2.24, 2.45) is 0 Å². The number of aryl methyl sites for hydroxylation is 1. The number of amides is 1. The lowest BCUT2D eigenvalue weighted by Crippen LogP contribution is -2.51. The second-order valence-electron chi connectivity index (χ2n) is 9.06. The highest BCUT2D eigenvalue weighted by atomic mass is 16.5. The van der Waals surface area contributed by atoms with Crippen LogP contribution in [0, 0.1) is 0 Å². The van der Waals surface area contributed by atoms with Gasteiger partial charge >= 0.3 is 0 Å². The highest BCUT2D eigenvalue weighted by Crippen LogP contribution is 2.26. The minimum absolute atomic E-state index is 0.0127. The van der Waals surface area contributed by atoms with E-state index >= 15 is 0 Å². The van der Waals surface area contributed by atoms with Crippen molar-refractivity contribution in [2.75, 3.05) is 13.2 Å². The fourth-order valence-corrected chi connectivity index (χ4v) is 4.86. The zero-order chi connectivity index (χ0) is 23.1. The molecule has 33 heavy (non-hydrogen) atoms. The van der Waals surface area contributed by atoms with Crippen LogP contribution in [0.25, 0.3) is 10.9 Å². The van der Waals surface area contributed by atoms with Gasteiger partial charge in [0.2, 0.25) is 11.3 Å². The van der Waals surface area contributed by atoms with Gasteiger partial charge < -0.3 is 18.9 Å². The molecule has 3 aromatic rings. The molecule has 0 unspecified atom stereocenters. The number of rotatable bonds is 4. The first-order valence-electron chi connectivity index (χ1n) is 11.6. The lowest BCUT2D eigenvalue weighted by atomic mass is 10.1. The number of morpholine rings is 1. The SMILES string of the molecule is CCn1cc(C(=O)N2C[C@@H](C)OC[C@@H]2C)c(=O)c2cc(OC3Cc4ccccc4C3)ncc21. The first-order valence-corrected chi connectivity index (χ1v) is 11.6. The van der Waals surface area contributed by atoms with Gasteiger partial charge in [0.1, 0.15) is 11.7 Å². The second-order valence-corrected chi connectivity index (χ2v) is 9.06. The van der Waals surface area contributed by atoms with Crippen molar-refractivity contribution >= 4 is 16.8 Å². The summed E-state index contributed by atoms with van der Waals surface area (Å²) in [5, 5.41) is 0.456. The molecular formula is C26H29N3O4. The number of fused-ring (bicyclic) bond motifs is 2. The number of carbonyl (C=O) groups excluding carboxylic acids is 1. The molecule has 1 aliphatic heterocycles. The highest BCUT2D eigenvalue weighted by Gasteiger charge is 2.30. The number of ether oxygens (including phenoxy) is 2. The van der Waals surface area contributed by atoms with Crippen molar-refractivity contribution < 1.29 is 14.3 Å². The average Bonchev–Trinajstić information content (AvgIpc) is 3.23. The third-order valence-corrected chi connectivity index (χ3v) is 6.68. The van der Waals surface area contributed by atoms with Gasteiger partial charge in [0.25, 0.3) is 5.91 Å². The van der Waals surface area contributed by atoms with E-state index in [1.807, 2.05) is 37.5 Å². The Hall–Kier alpha value is -3.19. The van der Waals surface area contributed by atoms with E-state index in [1.165, 1.54) is 11.1 Å². The summed E-state index contributed by atoms with van der Waals surface area (Å²) < 4.78 is 13.7. The molecule has 7 nitrogen and oxygen atoms in total. The molecule has 1 amide bonds. The van der Waals surface area contributed by atoms with Crippen LogP contribution in [0.15, 0.2) is 47.5 Å². The second kappa shape index (κ2) is 8.63. The Kier molecular flexibility index (Phi) is 5.66. The largest absolute Gasteiger partial charge is 0.474 e. The van der Waals surface area contributed by atoms with Gasteiger partial charge in [-0.3, -0.25) is 9.59 Å². The minimum atomic E-state index is -0.284. The smallest absolute Gasteiger partial charge is 0.259 e. The van der Waals surface area contributed by atoms with E-state index in [0.717, 1.165) is 12.8 Å². The number of benzene rings is 1. The van der Waals surface area contributed by atoms with Gasteiger partial charge in [-0.15, -0.1) is 0 Å². The summed E-state index contributed by atoms with van der Waals surface area (Å²) in [6.45, 7) is 7.42. The molecule has 0 bridgehead atoms. The molecule has 1 fully saturated rings. The molecule has 172 valence electrons. The van der Waals surface area contributed by atoms with Gasteiger partial charge in [-0.25, -0.2) is 4.98 Å². The lowest BCUT2D eigenvalue weighted by molar-refractivity contribution is -0.0387. The van der Waals surface area contributed by atoms with Crippen LogP contribution in [-0.2, 0) is 24.1 Å². The third kappa shape index (κ3) is 4.02. The van der Waals surface area contributed by atoms with Gasteiger partial charge in [-0.05, 0) is 31.9 Å². The predicted octanol–water partition coefficient (Wildman–Crippen LogP) is 3.21. The molecule has 2 aromatic heterocycles. The van der Waals surface area contributed by atoms with E-state index < -0.39 is 0 Å². The molecule has 2 atom stereocenters. The third-order valence-electron chi connectivity index (χ3n) is 6.68. The molecule has 5 rings (SSSR count). The number of hydrogen-bond donors (Lipinski definition) is 0. The maximum absolute atomic E-state index is 13.5. The summed E-state index contributed by atoms with van der Waals surface area (Å²) in [6, 6.07) is 9.93. The minimum Gasteiger partial charge on any atom is -0.474 e. The Balaban J connectivity index is 1.48. The van der Waals surface area contributed by atoms with Crippen LogP contribution >= 0.6 is 0 Å². The van der Waals surface area contributed by atoms with Crippen molar-refractivity contribution in [3.8, 4) is 5.88 Å². The van der Waals surface area contributed by atoms with E-state index in [-0.39, 0.29) is 35.1 Å². The lowest BCUT2D eigenvalue weighted by Gasteiger charge is -2.36. The van der Waals surface area contributed by atoms with Crippen molar-refractivity contribution in [3.63, 3.8) is 0 Å². The molecule has 0 radical (unpaired) electrons. The Morgan fingerprint density at radius 3 is 2.64 bits per heavy atom. The van der Waals surface area contributed by atoms with E-state index in [9.17, 15) is 9.59 Å². The molecule has 1 aliphatic carbocycles. The number of hydrogen-bond acceptors (Lipinski definition) is 5. The van der Waals surface area contributed by atoms with Crippen molar-refractivity contribution in [2.45, 2.75) is 58.4 Å². The molecule has 0 saturated carbocycles. The maximum Gasteiger partial charge on any atom is 0.259 e. The fourth-order valence-electron chi connectivity index (χ4n) is 4.86. The molecule has 3 heterocycles. The van der Waals surface area contributed by atoms with Crippen molar-refractivity contribution in [1.82, 2.24) is 14.5 Å². The number of pyridine rings is 2. The molecule has 2 aliphatic rings. The predicted molar refractivity (Wildman–Crippen MR) is 126 cm³/mol. The van der Waals surface area contributed by atoms with E-state index in [4.69, 9.17) is 9.47 Å². The molecule has 7 heteroatoms. The molecule has 1 aromatic carbocycles. The summed E-state index contributed by atoms with van der Waals surface area (Å²) in [4.78, 5) is 33.1. The summed E-state index contributed by atoms with van der Waals surface area (Å²) in [5.41, 5.74) is 3.17. The van der Waals surface area contributed by atoms with Crippen LogP contribution < -0.4 is 10.2 Å². The summed E-state index contributed by atoms with van der Waals surface area (Å²) in [6.07, 6.45) is 4.91. The van der Waals surface area contributed by atoms with Gasteiger partial charge in [0.05, 0.1) is 35.9 Å². The summed E-state index contributed by atoms with van der Waals surface area (Å²) in [5.74, 6) is 0.162. The van der Waals surface area contributed by atoms with Crippen LogP contribution in [0.2, 0.25) is 0 Å². The van der Waals surface area contributed by atoms with E-state index in [0.29, 0.717) is 36.5 Å². The summed E-state index contributed by atoms with van der Waals surface area (Å²) in [7, 11) is 0. The highest BCUT2D eigenvalue weighted by molar-refractivity contribution is 5.97. The van der Waals surface area contributed by atoms with Crippen LogP contribution in [0.3, 0.4) is 0 Å². The molecule has 0 spiro atoms. The summed E-state index contributed by atoms with van der Waals surface area (Å²) >= 11 is 0. The topological polar surface area (TPSA) is 73.7 Å².